The molecule has 1 fully saturated rings. The van der Waals surface area contributed by atoms with Crippen LogP contribution in [-0.4, -0.2) is 42.4 Å². The Kier molecular flexibility index (Phi) is 4.74. The molecule has 4 aliphatic rings. The van der Waals surface area contributed by atoms with Crippen LogP contribution in [0.1, 0.15) is 37.8 Å². The highest BCUT2D eigenvalue weighted by Gasteiger charge is 2.50. The number of β-amino-alcohol motifs (C(OH)–C–C–N with tert-alkyl or cyclic N) is 1. The molecular weight excluding hydrogens is 310 g/mol. The second-order valence-electron chi connectivity index (χ2n) is 8.74. The first-order chi connectivity index (χ1) is 12.0. The molecule has 2 bridgehead atoms. The Labute approximate surface area is 151 Å². The van der Waals surface area contributed by atoms with Crippen LogP contribution in [0.15, 0.2) is 35.9 Å². The van der Waals surface area contributed by atoms with Gasteiger partial charge in [0.25, 0.3) is 0 Å². The van der Waals surface area contributed by atoms with E-state index >= 15 is 0 Å². The lowest BCUT2D eigenvalue weighted by atomic mass is 9.49. The molecule has 1 aromatic carbocycles. The van der Waals surface area contributed by atoms with Gasteiger partial charge < -0.3 is 9.84 Å². The van der Waals surface area contributed by atoms with E-state index in [1.807, 2.05) is 0 Å². The summed E-state index contributed by atoms with van der Waals surface area (Å²) in [5.41, 5.74) is 4.77. The van der Waals surface area contributed by atoms with Crippen LogP contribution in [0, 0.1) is 17.3 Å². The van der Waals surface area contributed by atoms with Crippen LogP contribution in [-0.2, 0) is 17.7 Å². The molecule has 0 radical (unpaired) electrons. The van der Waals surface area contributed by atoms with Crippen LogP contribution in [0.5, 0.6) is 0 Å². The lowest BCUT2D eigenvalue weighted by Crippen LogP contribution is -2.48. The van der Waals surface area contributed by atoms with Crippen LogP contribution in [0.4, 0.5) is 0 Å². The number of fused-ring (bicyclic) bond motifs is 2. The normalized spacial score (nSPS) is 28.7. The summed E-state index contributed by atoms with van der Waals surface area (Å²) in [6.45, 7) is 8.58. The maximum Gasteiger partial charge on any atom is 0.0900 e. The topological polar surface area (TPSA) is 32.7 Å². The predicted octanol–water partition coefficient (Wildman–Crippen LogP) is 3.41. The average Bonchev–Trinajstić information content (AvgIpc) is 2.61. The van der Waals surface area contributed by atoms with Gasteiger partial charge >= 0.3 is 0 Å². The Hall–Kier alpha value is -1.16. The molecule has 5 rings (SSSR count). The van der Waals surface area contributed by atoms with Gasteiger partial charge in [0.05, 0.1) is 19.3 Å². The van der Waals surface area contributed by atoms with Crippen LogP contribution in [0.3, 0.4) is 0 Å². The van der Waals surface area contributed by atoms with Crippen molar-refractivity contribution in [2.75, 3.05) is 26.3 Å². The molecule has 136 valence electrons. The van der Waals surface area contributed by atoms with Gasteiger partial charge in [-0.05, 0) is 53.2 Å². The van der Waals surface area contributed by atoms with Crippen molar-refractivity contribution in [3.8, 4) is 0 Å². The Morgan fingerprint density at radius 1 is 1.28 bits per heavy atom. The van der Waals surface area contributed by atoms with Crippen molar-refractivity contribution in [1.82, 2.24) is 4.90 Å². The minimum atomic E-state index is -0.406. The molecule has 1 N–H and O–H groups in total. The summed E-state index contributed by atoms with van der Waals surface area (Å²) in [5.74, 6) is 1.57. The van der Waals surface area contributed by atoms with E-state index in [-0.39, 0.29) is 0 Å². The number of benzene rings is 1. The zero-order valence-electron chi connectivity index (χ0n) is 15.6. The zero-order valence-corrected chi connectivity index (χ0v) is 15.6. The van der Waals surface area contributed by atoms with Crippen LogP contribution in [0.25, 0.3) is 0 Å². The predicted molar refractivity (Wildman–Crippen MR) is 100 cm³/mol. The first kappa shape index (κ1) is 17.3. The minimum absolute atomic E-state index is 0.406. The minimum Gasteiger partial charge on any atom is -0.389 e. The number of allylic oxidation sites excluding steroid dienone is 1. The molecule has 1 heterocycles. The second kappa shape index (κ2) is 6.86. The Morgan fingerprint density at radius 3 is 2.84 bits per heavy atom. The van der Waals surface area contributed by atoms with E-state index in [9.17, 15) is 5.11 Å². The summed E-state index contributed by atoms with van der Waals surface area (Å²) in [6, 6.07) is 8.64. The first-order valence-electron chi connectivity index (χ1n) is 9.78. The van der Waals surface area contributed by atoms with E-state index in [2.05, 4.69) is 49.1 Å². The van der Waals surface area contributed by atoms with Gasteiger partial charge in [-0.3, -0.25) is 4.90 Å². The summed E-state index contributed by atoms with van der Waals surface area (Å²) >= 11 is 0. The third kappa shape index (κ3) is 3.42. The lowest BCUT2D eigenvalue weighted by molar-refractivity contribution is -0.0265. The molecule has 3 heteroatoms. The van der Waals surface area contributed by atoms with Crippen LogP contribution < -0.4 is 0 Å². The molecule has 3 atom stereocenters. The smallest absolute Gasteiger partial charge is 0.0900 e. The van der Waals surface area contributed by atoms with Crippen molar-refractivity contribution in [2.24, 2.45) is 17.3 Å². The van der Waals surface area contributed by atoms with Gasteiger partial charge in [-0.15, -0.1) is 0 Å². The average molecular weight is 341 g/mol. The van der Waals surface area contributed by atoms with Crippen molar-refractivity contribution < 1.29 is 9.84 Å². The molecule has 0 unspecified atom stereocenters. The first-order valence-corrected chi connectivity index (χ1v) is 9.78. The van der Waals surface area contributed by atoms with Gasteiger partial charge in [-0.2, -0.15) is 0 Å². The van der Waals surface area contributed by atoms with Gasteiger partial charge in [0, 0.05) is 19.6 Å². The fourth-order valence-electron chi connectivity index (χ4n) is 5.01. The van der Waals surface area contributed by atoms with Crippen molar-refractivity contribution in [2.45, 2.75) is 45.8 Å². The van der Waals surface area contributed by atoms with E-state index in [1.54, 1.807) is 0 Å². The molecule has 0 saturated heterocycles. The Morgan fingerprint density at radius 2 is 2.08 bits per heavy atom. The molecule has 0 aromatic heterocycles. The molecule has 0 amide bonds. The number of rotatable bonds is 6. The van der Waals surface area contributed by atoms with Crippen LogP contribution in [0.2, 0.25) is 0 Å². The molecule has 3 nitrogen and oxygen atoms in total. The molecule has 1 aliphatic heterocycles. The zero-order chi connectivity index (χ0) is 17.4. The Bertz CT molecular complexity index is 651. The Balaban J connectivity index is 1.21. The van der Waals surface area contributed by atoms with Gasteiger partial charge in [0.1, 0.15) is 0 Å². The third-order valence-corrected chi connectivity index (χ3v) is 6.84. The maximum atomic E-state index is 10.4. The SMILES string of the molecule is CC1(C)[C@@H]2CC=C(COC[C@H](O)CN3CCc4ccccc4C3)[C@H]1C2. The maximum absolute atomic E-state index is 10.4. The highest BCUT2D eigenvalue weighted by molar-refractivity contribution is 5.29. The monoisotopic (exact) mass is 341 g/mol. The highest BCUT2D eigenvalue weighted by atomic mass is 16.5. The number of ether oxygens (including phenoxy) is 1. The van der Waals surface area contributed by atoms with Gasteiger partial charge in [0.15, 0.2) is 0 Å². The van der Waals surface area contributed by atoms with Crippen molar-refractivity contribution >= 4 is 0 Å². The second-order valence-corrected chi connectivity index (χ2v) is 8.74. The molecule has 3 aliphatic carbocycles. The molecule has 1 saturated carbocycles. The van der Waals surface area contributed by atoms with Gasteiger partial charge in [-0.1, -0.05) is 44.2 Å². The number of hydrogen-bond acceptors (Lipinski definition) is 3. The standard InChI is InChI=1S/C22H31NO2/c1-22(2)19-8-7-18(21(22)11-19)14-25-15-20(24)13-23-10-9-16-5-3-4-6-17(16)12-23/h3-7,19-21,24H,8-15H2,1-2H3/t19-,20-,21-/m1/s1. The number of aliphatic hydroxyl groups excluding tert-OH is 1. The fraction of sp³-hybridized carbons (Fsp3) is 0.636. The molecule has 1 aromatic rings. The quantitative estimate of drug-likeness (QED) is 0.805. The van der Waals surface area contributed by atoms with Crippen molar-refractivity contribution in [1.29, 1.82) is 0 Å². The van der Waals surface area contributed by atoms with Crippen molar-refractivity contribution in [3.05, 3.63) is 47.0 Å². The summed E-state index contributed by atoms with van der Waals surface area (Å²) in [6.07, 6.45) is 5.60. The van der Waals surface area contributed by atoms with Gasteiger partial charge in [-0.25, -0.2) is 0 Å². The van der Waals surface area contributed by atoms with E-state index in [0.29, 0.717) is 31.1 Å². The number of nitrogens with zero attached hydrogens (tertiary/aromatic N) is 1. The summed E-state index contributed by atoms with van der Waals surface area (Å²) < 4.78 is 5.89. The highest BCUT2D eigenvalue weighted by Crippen LogP contribution is 2.59. The summed E-state index contributed by atoms with van der Waals surface area (Å²) in [5, 5.41) is 10.4. The summed E-state index contributed by atoms with van der Waals surface area (Å²) in [4.78, 5) is 2.34. The summed E-state index contributed by atoms with van der Waals surface area (Å²) in [7, 11) is 0. The van der Waals surface area contributed by atoms with Crippen LogP contribution >= 0.6 is 0 Å². The molecule has 25 heavy (non-hydrogen) atoms. The van der Waals surface area contributed by atoms with E-state index < -0.39 is 6.10 Å². The van der Waals surface area contributed by atoms with Gasteiger partial charge in [0.2, 0.25) is 0 Å². The largest absolute Gasteiger partial charge is 0.389 e. The fourth-order valence-corrected chi connectivity index (χ4v) is 5.01. The van der Waals surface area contributed by atoms with E-state index in [4.69, 9.17) is 4.74 Å². The van der Waals surface area contributed by atoms with E-state index in [0.717, 1.165) is 25.4 Å². The number of aliphatic hydroxyl groups is 1. The molecule has 0 spiro atoms. The third-order valence-electron chi connectivity index (χ3n) is 6.84. The lowest BCUT2D eigenvalue weighted by Gasteiger charge is -2.56. The molecular formula is C22H31NO2. The van der Waals surface area contributed by atoms with E-state index in [1.165, 1.54) is 29.5 Å². The van der Waals surface area contributed by atoms with Crippen molar-refractivity contribution in [3.63, 3.8) is 0 Å². The number of hydrogen-bond donors (Lipinski definition) is 1.